The summed E-state index contributed by atoms with van der Waals surface area (Å²) in [5, 5.41) is 10.1. The summed E-state index contributed by atoms with van der Waals surface area (Å²) in [5.41, 5.74) is 11.7. The highest BCUT2D eigenvalue weighted by atomic mass is 35.5. The average molecular weight is 185 g/mol. The van der Waals surface area contributed by atoms with E-state index in [4.69, 9.17) is 28.5 Å². The van der Waals surface area contributed by atoms with Crippen molar-refractivity contribution in [2.24, 2.45) is 11.5 Å². The smallest absolute Gasteiger partial charge is 0.124 e. The third-order valence-electron chi connectivity index (χ3n) is 1.41. The Hall–Kier alpha value is -1.42. The Morgan fingerprint density at radius 2 is 2.17 bits per heavy atom. The summed E-state index contributed by atoms with van der Waals surface area (Å²) in [6.07, 6.45) is 4.91. The van der Waals surface area contributed by atoms with E-state index >= 15 is 0 Å². The molecule has 5 heteroatoms. The van der Waals surface area contributed by atoms with Gasteiger partial charge in [-0.1, -0.05) is 11.6 Å². The molecular weight excluding hydrogens is 176 g/mol. The minimum Gasteiger partial charge on any atom is -0.389 e. The molecule has 12 heavy (non-hydrogen) atoms. The van der Waals surface area contributed by atoms with E-state index in [0.717, 1.165) is 0 Å². The van der Waals surface area contributed by atoms with Crippen molar-refractivity contribution in [1.29, 1.82) is 5.41 Å². The quantitative estimate of drug-likeness (QED) is 0.269. The van der Waals surface area contributed by atoms with Gasteiger partial charge in [0.15, 0.2) is 0 Å². The summed E-state index contributed by atoms with van der Waals surface area (Å²) in [5.74, 6) is -0.0644. The second-order valence-electron chi connectivity index (χ2n) is 2.23. The largest absolute Gasteiger partial charge is 0.389 e. The minimum atomic E-state index is -0.0644. The van der Waals surface area contributed by atoms with Gasteiger partial charge in [0.2, 0.25) is 0 Å². The molecular formula is C7H9ClN4. The SMILES string of the molecule is N=C(N)C1=CNC=C/C1=C(/N)Cl. The first-order chi connectivity index (χ1) is 5.63. The molecule has 1 rings (SSSR count). The number of nitrogens with one attached hydrogen (secondary N) is 2. The average Bonchev–Trinajstić information content (AvgIpc) is 2.04. The molecule has 6 N–H and O–H groups in total. The van der Waals surface area contributed by atoms with Gasteiger partial charge in [-0.15, -0.1) is 0 Å². The van der Waals surface area contributed by atoms with Crippen molar-refractivity contribution < 1.29 is 0 Å². The number of hydrogen-bond acceptors (Lipinski definition) is 3. The number of rotatable bonds is 1. The molecule has 0 saturated heterocycles. The molecule has 1 aliphatic rings. The highest BCUT2D eigenvalue weighted by Gasteiger charge is 2.10. The van der Waals surface area contributed by atoms with E-state index in [1.165, 1.54) is 0 Å². The van der Waals surface area contributed by atoms with Crippen LogP contribution in [0, 0.1) is 5.41 Å². The lowest BCUT2D eigenvalue weighted by atomic mass is 10.1. The van der Waals surface area contributed by atoms with Crippen LogP contribution in [0.25, 0.3) is 0 Å². The Balaban J connectivity index is 3.08. The summed E-state index contributed by atoms with van der Waals surface area (Å²) in [4.78, 5) is 0. The van der Waals surface area contributed by atoms with Crippen molar-refractivity contribution in [2.75, 3.05) is 0 Å². The predicted octanol–water partition coefficient (Wildman–Crippen LogP) is 0.332. The normalized spacial score (nSPS) is 19.6. The van der Waals surface area contributed by atoms with E-state index < -0.39 is 0 Å². The molecule has 0 aromatic heterocycles. The molecule has 0 fully saturated rings. The van der Waals surface area contributed by atoms with Gasteiger partial charge in [0.25, 0.3) is 0 Å². The van der Waals surface area contributed by atoms with Gasteiger partial charge >= 0.3 is 0 Å². The molecule has 0 aliphatic carbocycles. The van der Waals surface area contributed by atoms with Crippen molar-refractivity contribution in [3.8, 4) is 0 Å². The summed E-state index contributed by atoms with van der Waals surface area (Å²) < 4.78 is 0. The lowest BCUT2D eigenvalue weighted by molar-refractivity contribution is 1.14. The Labute approximate surface area is 75.1 Å². The molecule has 0 amide bonds. The van der Waals surface area contributed by atoms with Gasteiger partial charge in [0.1, 0.15) is 11.0 Å². The van der Waals surface area contributed by atoms with E-state index in [0.29, 0.717) is 11.1 Å². The molecule has 1 aliphatic heterocycles. The van der Waals surface area contributed by atoms with Crippen molar-refractivity contribution in [3.05, 3.63) is 34.8 Å². The molecule has 0 spiro atoms. The lowest BCUT2D eigenvalue weighted by Crippen LogP contribution is -2.20. The lowest BCUT2D eigenvalue weighted by Gasteiger charge is -2.11. The second kappa shape index (κ2) is 3.32. The molecule has 0 saturated carbocycles. The molecule has 0 aromatic rings. The van der Waals surface area contributed by atoms with Crippen molar-refractivity contribution in [3.63, 3.8) is 0 Å². The van der Waals surface area contributed by atoms with Crippen molar-refractivity contribution >= 4 is 17.4 Å². The zero-order valence-corrected chi connectivity index (χ0v) is 7.02. The number of allylic oxidation sites excluding steroid dienone is 1. The van der Waals surface area contributed by atoms with E-state index in [1.54, 1.807) is 18.5 Å². The Morgan fingerprint density at radius 1 is 1.50 bits per heavy atom. The van der Waals surface area contributed by atoms with Gasteiger partial charge in [0, 0.05) is 23.5 Å². The summed E-state index contributed by atoms with van der Waals surface area (Å²) in [7, 11) is 0. The van der Waals surface area contributed by atoms with Crippen LogP contribution in [-0.2, 0) is 0 Å². The maximum atomic E-state index is 7.20. The van der Waals surface area contributed by atoms with Gasteiger partial charge in [-0.3, -0.25) is 5.41 Å². The third-order valence-corrected chi connectivity index (χ3v) is 1.62. The van der Waals surface area contributed by atoms with Gasteiger partial charge in [0.05, 0.1) is 0 Å². The van der Waals surface area contributed by atoms with Gasteiger partial charge in [-0.25, -0.2) is 0 Å². The highest BCUT2D eigenvalue weighted by Crippen LogP contribution is 2.17. The monoisotopic (exact) mass is 184 g/mol. The summed E-state index contributed by atoms with van der Waals surface area (Å²) in [6, 6.07) is 0. The van der Waals surface area contributed by atoms with Crippen molar-refractivity contribution in [2.45, 2.75) is 0 Å². The Kier molecular flexibility index (Phi) is 2.40. The molecule has 0 aromatic carbocycles. The molecule has 0 bridgehead atoms. The highest BCUT2D eigenvalue weighted by molar-refractivity contribution is 6.30. The third kappa shape index (κ3) is 1.60. The molecule has 4 nitrogen and oxygen atoms in total. The van der Waals surface area contributed by atoms with E-state index in [2.05, 4.69) is 5.32 Å². The van der Waals surface area contributed by atoms with Gasteiger partial charge < -0.3 is 16.8 Å². The van der Waals surface area contributed by atoms with Gasteiger partial charge in [-0.05, 0) is 6.08 Å². The minimum absolute atomic E-state index is 0.0644. The topological polar surface area (TPSA) is 87.9 Å². The van der Waals surface area contributed by atoms with Crippen LogP contribution in [0.3, 0.4) is 0 Å². The first-order valence-corrected chi connectivity index (χ1v) is 3.63. The number of dihydropyridines is 1. The fraction of sp³-hybridized carbons (Fsp3) is 0. The van der Waals surface area contributed by atoms with Crippen molar-refractivity contribution in [1.82, 2.24) is 5.32 Å². The Bertz CT molecular complexity index is 297. The van der Waals surface area contributed by atoms with E-state index in [1.807, 2.05) is 0 Å². The number of nitrogens with two attached hydrogens (primary N) is 2. The molecule has 64 valence electrons. The second-order valence-corrected chi connectivity index (χ2v) is 2.64. The molecule has 0 unspecified atom stereocenters. The maximum Gasteiger partial charge on any atom is 0.124 e. The fourth-order valence-corrected chi connectivity index (χ4v) is 1.03. The first kappa shape index (κ1) is 8.67. The first-order valence-electron chi connectivity index (χ1n) is 3.25. The Morgan fingerprint density at radius 3 is 2.58 bits per heavy atom. The van der Waals surface area contributed by atoms with Crippen LogP contribution in [0.5, 0.6) is 0 Å². The number of amidine groups is 1. The number of halogens is 1. The van der Waals surface area contributed by atoms with Crippen LogP contribution in [-0.4, -0.2) is 5.84 Å². The van der Waals surface area contributed by atoms with Gasteiger partial charge in [-0.2, -0.15) is 0 Å². The standard InChI is InChI=1S/C7H9ClN4/c8-6(9)4-1-2-12-3-5(4)7(10)11/h1-3,12H,9H2,(H3,10,11)/b6-4-. The molecule has 0 radical (unpaired) electrons. The van der Waals surface area contributed by atoms with E-state index in [-0.39, 0.29) is 11.0 Å². The van der Waals surface area contributed by atoms with Crippen LogP contribution in [0.4, 0.5) is 0 Å². The van der Waals surface area contributed by atoms with E-state index in [9.17, 15) is 0 Å². The van der Waals surface area contributed by atoms with Crippen LogP contribution in [0.1, 0.15) is 0 Å². The van der Waals surface area contributed by atoms with Crippen LogP contribution in [0.15, 0.2) is 34.8 Å². The fourth-order valence-electron chi connectivity index (χ4n) is 0.862. The molecule has 1 heterocycles. The van der Waals surface area contributed by atoms with Crippen LogP contribution in [0.2, 0.25) is 0 Å². The zero-order valence-electron chi connectivity index (χ0n) is 6.26. The van der Waals surface area contributed by atoms with Crippen LogP contribution >= 0.6 is 11.6 Å². The summed E-state index contributed by atoms with van der Waals surface area (Å²) >= 11 is 5.58. The van der Waals surface area contributed by atoms with Crippen LogP contribution < -0.4 is 16.8 Å². The zero-order chi connectivity index (χ0) is 9.14. The maximum absolute atomic E-state index is 7.20. The summed E-state index contributed by atoms with van der Waals surface area (Å²) in [6.45, 7) is 0. The molecule has 0 atom stereocenters. The number of hydrogen-bond donors (Lipinski definition) is 4. The predicted molar refractivity (Wildman–Crippen MR) is 49.3 cm³/mol.